The van der Waals surface area contributed by atoms with E-state index in [1.165, 1.54) is 4.90 Å². The van der Waals surface area contributed by atoms with E-state index in [0.29, 0.717) is 22.3 Å². The minimum atomic E-state index is -2.54. The Morgan fingerprint density at radius 1 is 1.23 bits per heavy atom. The Balaban J connectivity index is 1.89. The van der Waals surface area contributed by atoms with E-state index in [1.807, 2.05) is 0 Å². The molecule has 4 nitrogen and oxygen atoms in total. The summed E-state index contributed by atoms with van der Waals surface area (Å²) in [7, 11) is 1.63. The maximum Gasteiger partial charge on any atom is 0.317 e. The zero-order valence-electron chi connectivity index (χ0n) is 14.0. The fourth-order valence-corrected chi connectivity index (χ4v) is 2.59. The summed E-state index contributed by atoms with van der Waals surface area (Å²) < 4.78 is 29.3. The second-order valence-corrected chi connectivity index (χ2v) is 6.36. The van der Waals surface area contributed by atoms with Crippen LogP contribution in [-0.2, 0) is 13.1 Å². The summed E-state index contributed by atoms with van der Waals surface area (Å²) in [6.07, 6.45) is -2.54. The molecule has 140 valence electrons. The largest absolute Gasteiger partial charge is 0.488 e. The summed E-state index contributed by atoms with van der Waals surface area (Å²) in [5.41, 5.74) is 1.47. The Kier molecular flexibility index (Phi) is 7.48. The quantitative estimate of drug-likeness (QED) is 0.709. The second kappa shape index (κ2) is 9.59. The Hall–Kier alpha value is -2.05. The molecule has 0 heterocycles. The van der Waals surface area contributed by atoms with E-state index in [-0.39, 0.29) is 12.6 Å². The van der Waals surface area contributed by atoms with Crippen LogP contribution in [0.1, 0.15) is 11.1 Å². The highest BCUT2D eigenvalue weighted by Crippen LogP contribution is 2.26. The maximum absolute atomic E-state index is 12.2. The molecule has 0 saturated carbocycles. The van der Waals surface area contributed by atoms with Crippen LogP contribution in [0.3, 0.4) is 0 Å². The molecule has 0 unspecified atom stereocenters. The predicted octanol–water partition coefficient (Wildman–Crippen LogP) is 4.98. The molecule has 2 amide bonds. The molecule has 0 spiro atoms. The van der Waals surface area contributed by atoms with Gasteiger partial charge in [-0.25, -0.2) is 13.6 Å². The third kappa shape index (κ3) is 6.04. The van der Waals surface area contributed by atoms with Crippen molar-refractivity contribution in [3.63, 3.8) is 0 Å². The van der Waals surface area contributed by atoms with E-state index in [1.54, 1.807) is 49.5 Å². The van der Waals surface area contributed by atoms with Crippen molar-refractivity contribution >= 4 is 29.2 Å². The lowest BCUT2D eigenvalue weighted by Crippen LogP contribution is -2.36. The van der Waals surface area contributed by atoms with Crippen LogP contribution in [0.2, 0.25) is 10.0 Å². The SMILES string of the molecule is CN(Cc1cccc(Cl)c1Cl)C(=O)NCc1cccc(OCC(F)F)c1. The lowest BCUT2D eigenvalue weighted by molar-refractivity contribution is 0.0818. The number of nitrogens with one attached hydrogen (secondary N) is 1. The number of ether oxygens (including phenoxy) is 1. The molecule has 0 atom stereocenters. The van der Waals surface area contributed by atoms with E-state index in [4.69, 9.17) is 27.9 Å². The number of benzene rings is 2. The van der Waals surface area contributed by atoms with Crippen LogP contribution < -0.4 is 10.1 Å². The average molecular weight is 403 g/mol. The van der Waals surface area contributed by atoms with Gasteiger partial charge in [-0.15, -0.1) is 0 Å². The Morgan fingerprint density at radius 3 is 2.69 bits per heavy atom. The van der Waals surface area contributed by atoms with E-state index in [2.05, 4.69) is 5.32 Å². The molecule has 0 aliphatic rings. The summed E-state index contributed by atoms with van der Waals surface area (Å²) >= 11 is 12.1. The topological polar surface area (TPSA) is 41.6 Å². The molecule has 0 radical (unpaired) electrons. The van der Waals surface area contributed by atoms with Gasteiger partial charge in [-0.3, -0.25) is 0 Å². The molecule has 0 fully saturated rings. The number of urea groups is 1. The van der Waals surface area contributed by atoms with E-state index >= 15 is 0 Å². The van der Waals surface area contributed by atoms with Crippen molar-refractivity contribution < 1.29 is 18.3 Å². The van der Waals surface area contributed by atoms with Gasteiger partial charge in [0.25, 0.3) is 6.43 Å². The van der Waals surface area contributed by atoms with Crippen molar-refractivity contribution in [2.75, 3.05) is 13.7 Å². The molecule has 2 rings (SSSR count). The molecular weight excluding hydrogens is 385 g/mol. The van der Waals surface area contributed by atoms with Crippen LogP contribution in [0, 0.1) is 0 Å². The molecule has 2 aromatic carbocycles. The zero-order chi connectivity index (χ0) is 19.1. The minimum Gasteiger partial charge on any atom is -0.488 e. The van der Waals surface area contributed by atoms with E-state index < -0.39 is 13.0 Å². The highest BCUT2D eigenvalue weighted by atomic mass is 35.5. The molecule has 0 bridgehead atoms. The molecule has 0 aromatic heterocycles. The van der Waals surface area contributed by atoms with Gasteiger partial charge in [0, 0.05) is 20.1 Å². The molecule has 1 N–H and O–H groups in total. The minimum absolute atomic E-state index is 0.234. The third-order valence-electron chi connectivity index (χ3n) is 3.50. The molecule has 0 saturated heterocycles. The van der Waals surface area contributed by atoms with Gasteiger partial charge < -0.3 is 15.0 Å². The highest BCUT2D eigenvalue weighted by Gasteiger charge is 2.12. The smallest absolute Gasteiger partial charge is 0.317 e. The van der Waals surface area contributed by atoms with Gasteiger partial charge in [0.2, 0.25) is 0 Å². The molecule has 2 aromatic rings. The monoisotopic (exact) mass is 402 g/mol. The second-order valence-electron chi connectivity index (χ2n) is 5.58. The van der Waals surface area contributed by atoms with Gasteiger partial charge in [0.05, 0.1) is 10.0 Å². The Morgan fingerprint density at radius 2 is 1.96 bits per heavy atom. The standard InChI is InChI=1S/C18H18Cl2F2N2O2/c1-24(10-13-5-3-7-15(19)17(13)20)18(25)23-9-12-4-2-6-14(8-12)26-11-16(21)22/h2-8,16H,9-11H2,1H3,(H,23,25). The fraction of sp³-hybridized carbons (Fsp3) is 0.278. The highest BCUT2D eigenvalue weighted by molar-refractivity contribution is 6.42. The maximum atomic E-state index is 12.2. The van der Waals surface area contributed by atoms with Crippen molar-refractivity contribution in [1.29, 1.82) is 0 Å². The lowest BCUT2D eigenvalue weighted by atomic mass is 10.2. The van der Waals surface area contributed by atoms with Gasteiger partial charge in [-0.2, -0.15) is 0 Å². The van der Waals surface area contributed by atoms with Crippen LogP contribution in [0.4, 0.5) is 13.6 Å². The van der Waals surface area contributed by atoms with Crippen molar-refractivity contribution in [1.82, 2.24) is 10.2 Å². The number of hydrogen-bond donors (Lipinski definition) is 1. The molecular formula is C18H18Cl2F2N2O2. The third-order valence-corrected chi connectivity index (χ3v) is 4.36. The van der Waals surface area contributed by atoms with Gasteiger partial charge in [-0.1, -0.05) is 47.5 Å². The molecule has 0 aliphatic carbocycles. The number of carbonyl (C=O) groups is 1. The van der Waals surface area contributed by atoms with Crippen LogP contribution in [0.15, 0.2) is 42.5 Å². The van der Waals surface area contributed by atoms with Gasteiger partial charge >= 0.3 is 6.03 Å². The Bertz CT molecular complexity index is 760. The number of halogens is 4. The van der Waals surface area contributed by atoms with Crippen LogP contribution in [0.5, 0.6) is 5.75 Å². The number of hydrogen-bond acceptors (Lipinski definition) is 2. The molecule has 8 heteroatoms. The van der Waals surface area contributed by atoms with Crippen molar-refractivity contribution in [2.24, 2.45) is 0 Å². The number of rotatable bonds is 7. The normalized spacial score (nSPS) is 10.7. The van der Waals surface area contributed by atoms with Gasteiger partial charge in [-0.05, 0) is 29.3 Å². The number of amides is 2. The summed E-state index contributed by atoms with van der Waals surface area (Å²) in [5.74, 6) is 0.330. The summed E-state index contributed by atoms with van der Waals surface area (Å²) in [6, 6.07) is 11.6. The zero-order valence-corrected chi connectivity index (χ0v) is 15.5. The van der Waals surface area contributed by atoms with Crippen LogP contribution in [-0.4, -0.2) is 31.0 Å². The summed E-state index contributed by atoms with van der Waals surface area (Å²) in [4.78, 5) is 13.7. The Labute approximate surface area is 160 Å². The predicted molar refractivity (Wildman–Crippen MR) is 98.1 cm³/mol. The summed E-state index contributed by atoms with van der Waals surface area (Å²) in [6.45, 7) is -0.139. The van der Waals surface area contributed by atoms with Crippen molar-refractivity contribution in [2.45, 2.75) is 19.5 Å². The van der Waals surface area contributed by atoms with Gasteiger partial charge in [0.1, 0.15) is 12.4 Å². The number of nitrogens with zero attached hydrogens (tertiary/aromatic N) is 1. The first-order valence-electron chi connectivity index (χ1n) is 7.78. The first-order chi connectivity index (χ1) is 12.4. The first-order valence-corrected chi connectivity index (χ1v) is 8.54. The van der Waals surface area contributed by atoms with Gasteiger partial charge in [0.15, 0.2) is 0 Å². The van der Waals surface area contributed by atoms with E-state index in [0.717, 1.165) is 11.1 Å². The number of carbonyl (C=O) groups excluding carboxylic acids is 1. The first kappa shape index (κ1) is 20.3. The average Bonchev–Trinajstić information content (AvgIpc) is 2.62. The van der Waals surface area contributed by atoms with E-state index in [9.17, 15) is 13.6 Å². The molecule has 26 heavy (non-hydrogen) atoms. The van der Waals surface area contributed by atoms with Crippen molar-refractivity contribution in [3.8, 4) is 5.75 Å². The van der Waals surface area contributed by atoms with Crippen molar-refractivity contribution in [3.05, 3.63) is 63.6 Å². The number of alkyl halides is 2. The summed E-state index contributed by atoms with van der Waals surface area (Å²) in [5, 5.41) is 3.60. The fourth-order valence-electron chi connectivity index (χ4n) is 2.21. The van der Waals surface area contributed by atoms with Crippen LogP contribution in [0.25, 0.3) is 0 Å². The molecule has 0 aliphatic heterocycles. The lowest BCUT2D eigenvalue weighted by Gasteiger charge is -2.19. The van der Waals surface area contributed by atoms with Crippen LogP contribution >= 0.6 is 23.2 Å².